The summed E-state index contributed by atoms with van der Waals surface area (Å²) in [5.41, 5.74) is 2.15. The summed E-state index contributed by atoms with van der Waals surface area (Å²) in [6, 6.07) is 6.07. The predicted molar refractivity (Wildman–Crippen MR) is 115 cm³/mol. The number of hydrogen-bond acceptors (Lipinski definition) is 4. The molecule has 0 heterocycles. The van der Waals surface area contributed by atoms with E-state index in [1.165, 1.54) is 6.26 Å². The molecule has 1 aromatic carbocycles. The van der Waals surface area contributed by atoms with Gasteiger partial charge < -0.3 is 15.4 Å². The Labute approximate surface area is 168 Å². The van der Waals surface area contributed by atoms with Gasteiger partial charge in [-0.2, -0.15) is 0 Å². The molecule has 0 aliphatic carbocycles. The van der Waals surface area contributed by atoms with E-state index >= 15 is 0 Å². The second kappa shape index (κ2) is 12.3. The Kier molecular flexibility index (Phi) is 11.8. The fourth-order valence-corrected chi connectivity index (χ4v) is 2.47. The van der Waals surface area contributed by atoms with Crippen LogP contribution in [0, 0.1) is 6.92 Å². The van der Waals surface area contributed by atoms with Crippen LogP contribution in [0.1, 0.15) is 31.4 Å². The van der Waals surface area contributed by atoms with Crippen molar-refractivity contribution in [2.75, 3.05) is 31.7 Å². The zero-order valence-corrected chi connectivity index (χ0v) is 18.6. The van der Waals surface area contributed by atoms with Gasteiger partial charge in [0.15, 0.2) is 5.96 Å². The lowest BCUT2D eigenvalue weighted by Gasteiger charge is -2.13. The standard InChI is InChI=1S/C17H29N3O3S.HI/c1-5-10-23-16-12-14(3)7-8-15(16)13-20-17(18-6-2)19-9-11-24(4,21)22;/h7-8,12H,5-6,9-11,13H2,1-4H3,(H2,18,19,20);1H. The van der Waals surface area contributed by atoms with Gasteiger partial charge in [0.05, 0.1) is 18.9 Å². The highest BCUT2D eigenvalue weighted by Crippen LogP contribution is 2.21. The molecule has 0 aliphatic rings. The monoisotopic (exact) mass is 483 g/mol. The Bertz CT molecular complexity index is 649. The minimum absolute atomic E-state index is 0. The minimum Gasteiger partial charge on any atom is -0.493 e. The van der Waals surface area contributed by atoms with Crippen molar-refractivity contribution in [1.29, 1.82) is 0 Å². The first-order chi connectivity index (χ1) is 11.4. The van der Waals surface area contributed by atoms with Crippen LogP contribution >= 0.6 is 24.0 Å². The summed E-state index contributed by atoms with van der Waals surface area (Å²) in [4.78, 5) is 4.52. The third-order valence-electron chi connectivity index (χ3n) is 3.20. The third kappa shape index (κ3) is 10.5. The average Bonchev–Trinajstić information content (AvgIpc) is 2.50. The molecule has 0 atom stereocenters. The molecule has 144 valence electrons. The summed E-state index contributed by atoms with van der Waals surface area (Å²) in [6.45, 7) is 8.25. The van der Waals surface area contributed by atoms with Crippen molar-refractivity contribution >= 4 is 39.8 Å². The molecule has 0 amide bonds. The van der Waals surface area contributed by atoms with E-state index in [4.69, 9.17) is 4.74 Å². The summed E-state index contributed by atoms with van der Waals surface area (Å²) in [5, 5.41) is 6.16. The van der Waals surface area contributed by atoms with E-state index in [2.05, 4.69) is 22.5 Å². The number of rotatable bonds is 9. The van der Waals surface area contributed by atoms with E-state index in [0.29, 0.717) is 32.2 Å². The Morgan fingerprint density at radius 2 is 1.96 bits per heavy atom. The highest BCUT2D eigenvalue weighted by Gasteiger charge is 2.06. The van der Waals surface area contributed by atoms with E-state index in [1.807, 2.05) is 32.0 Å². The predicted octanol–water partition coefficient (Wildman–Crippen LogP) is 2.50. The quantitative estimate of drug-likeness (QED) is 0.321. The highest BCUT2D eigenvalue weighted by molar-refractivity contribution is 14.0. The van der Waals surface area contributed by atoms with Gasteiger partial charge in [-0.1, -0.05) is 19.1 Å². The van der Waals surface area contributed by atoms with Crippen molar-refractivity contribution < 1.29 is 13.2 Å². The van der Waals surface area contributed by atoms with Crippen molar-refractivity contribution in [1.82, 2.24) is 10.6 Å². The fourth-order valence-electron chi connectivity index (χ4n) is 2.00. The molecule has 6 nitrogen and oxygen atoms in total. The van der Waals surface area contributed by atoms with E-state index in [1.54, 1.807) is 0 Å². The van der Waals surface area contributed by atoms with Crippen LogP contribution in [-0.2, 0) is 16.4 Å². The number of guanidine groups is 1. The van der Waals surface area contributed by atoms with Gasteiger partial charge in [0.2, 0.25) is 0 Å². The number of aryl methyl sites for hydroxylation is 1. The van der Waals surface area contributed by atoms with Gasteiger partial charge in [0.25, 0.3) is 0 Å². The molecule has 0 saturated heterocycles. The molecule has 0 aliphatic heterocycles. The number of ether oxygens (including phenoxy) is 1. The van der Waals surface area contributed by atoms with Gasteiger partial charge in [-0.15, -0.1) is 24.0 Å². The number of nitrogens with zero attached hydrogens (tertiary/aromatic N) is 1. The van der Waals surface area contributed by atoms with Crippen LogP contribution in [0.2, 0.25) is 0 Å². The van der Waals surface area contributed by atoms with E-state index in [-0.39, 0.29) is 29.7 Å². The number of sulfone groups is 1. The van der Waals surface area contributed by atoms with Crippen LogP contribution in [0.3, 0.4) is 0 Å². The van der Waals surface area contributed by atoms with Gasteiger partial charge in [0, 0.05) is 24.9 Å². The number of hydrogen-bond donors (Lipinski definition) is 2. The average molecular weight is 483 g/mol. The number of benzene rings is 1. The van der Waals surface area contributed by atoms with E-state index in [0.717, 1.165) is 23.3 Å². The zero-order chi connectivity index (χ0) is 18.0. The molecule has 0 unspecified atom stereocenters. The molecular formula is C17H30IN3O3S. The highest BCUT2D eigenvalue weighted by atomic mass is 127. The van der Waals surface area contributed by atoms with E-state index < -0.39 is 9.84 Å². The number of halogens is 1. The molecule has 1 rings (SSSR count). The molecule has 0 spiro atoms. The summed E-state index contributed by atoms with van der Waals surface area (Å²) >= 11 is 0. The second-order valence-corrected chi connectivity index (χ2v) is 7.97. The van der Waals surface area contributed by atoms with Crippen LogP contribution < -0.4 is 15.4 Å². The lowest BCUT2D eigenvalue weighted by molar-refractivity contribution is 0.314. The smallest absolute Gasteiger partial charge is 0.191 e. The summed E-state index contributed by atoms with van der Waals surface area (Å²) in [5.74, 6) is 1.53. The van der Waals surface area contributed by atoms with Crippen molar-refractivity contribution in [2.45, 2.75) is 33.7 Å². The zero-order valence-electron chi connectivity index (χ0n) is 15.5. The molecule has 1 aromatic rings. The largest absolute Gasteiger partial charge is 0.493 e. The van der Waals surface area contributed by atoms with E-state index in [9.17, 15) is 8.42 Å². The van der Waals surface area contributed by atoms with Crippen LogP contribution in [0.25, 0.3) is 0 Å². The van der Waals surface area contributed by atoms with Gasteiger partial charge in [-0.3, -0.25) is 0 Å². The molecule has 0 fully saturated rings. The maximum atomic E-state index is 11.2. The summed E-state index contributed by atoms with van der Waals surface area (Å²) in [6.07, 6.45) is 2.18. The molecule has 25 heavy (non-hydrogen) atoms. The fraction of sp³-hybridized carbons (Fsp3) is 0.588. The SMILES string of the molecule is CCCOc1cc(C)ccc1CN=C(NCC)NCCS(C)(=O)=O.I. The van der Waals surface area contributed by atoms with Crippen LogP contribution in [-0.4, -0.2) is 46.1 Å². The maximum Gasteiger partial charge on any atom is 0.191 e. The topological polar surface area (TPSA) is 79.8 Å². The van der Waals surface area contributed by atoms with Crippen molar-refractivity contribution in [3.05, 3.63) is 29.3 Å². The lowest BCUT2D eigenvalue weighted by atomic mass is 10.1. The number of aliphatic imine (C=N–C) groups is 1. The molecule has 0 radical (unpaired) electrons. The van der Waals surface area contributed by atoms with Gasteiger partial charge >= 0.3 is 0 Å². The van der Waals surface area contributed by atoms with Gasteiger partial charge in [-0.25, -0.2) is 13.4 Å². The van der Waals surface area contributed by atoms with Gasteiger partial charge in [0.1, 0.15) is 15.6 Å². The normalized spacial score (nSPS) is 11.6. The first-order valence-corrected chi connectivity index (χ1v) is 10.3. The molecule has 0 aromatic heterocycles. The Balaban J connectivity index is 0.00000576. The van der Waals surface area contributed by atoms with Crippen LogP contribution in [0.15, 0.2) is 23.2 Å². The van der Waals surface area contributed by atoms with Crippen LogP contribution in [0.4, 0.5) is 0 Å². The Hall–Kier alpha value is -1.03. The van der Waals surface area contributed by atoms with Gasteiger partial charge in [-0.05, 0) is 31.9 Å². The van der Waals surface area contributed by atoms with Crippen molar-refractivity contribution in [2.24, 2.45) is 4.99 Å². The molecule has 8 heteroatoms. The molecule has 0 bridgehead atoms. The van der Waals surface area contributed by atoms with Crippen molar-refractivity contribution in [3.8, 4) is 5.75 Å². The Morgan fingerprint density at radius 1 is 1.24 bits per heavy atom. The van der Waals surface area contributed by atoms with Crippen molar-refractivity contribution in [3.63, 3.8) is 0 Å². The molecule has 2 N–H and O–H groups in total. The third-order valence-corrected chi connectivity index (χ3v) is 4.15. The maximum absolute atomic E-state index is 11.2. The molecule has 0 saturated carbocycles. The summed E-state index contributed by atoms with van der Waals surface area (Å²) < 4.78 is 28.2. The summed E-state index contributed by atoms with van der Waals surface area (Å²) in [7, 11) is -2.99. The minimum atomic E-state index is -2.99. The van der Waals surface area contributed by atoms with Crippen LogP contribution in [0.5, 0.6) is 5.75 Å². The number of nitrogens with one attached hydrogen (secondary N) is 2. The molecular weight excluding hydrogens is 453 g/mol. The first kappa shape index (κ1) is 24.0. The first-order valence-electron chi connectivity index (χ1n) is 8.28. The Morgan fingerprint density at radius 3 is 2.56 bits per heavy atom. The second-order valence-electron chi connectivity index (χ2n) is 5.71. The lowest BCUT2D eigenvalue weighted by Crippen LogP contribution is -2.39.